The minimum Gasteiger partial charge on any atom is -0.492 e. The van der Waals surface area contributed by atoms with E-state index in [0.29, 0.717) is 18.8 Å². The predicted molar refractivity (Wildman–Crippen MR) is 137 cm³/mol. The van der Waals surface area contributed by atoms with E-state index in [4.69, 9.17) is 14.2 Å². The maximum absolute atomic E-state index is 6.08. The van der Waals surface area contributed by atoms with Crippen molar-refractivity contribution in [3.63, 3.8) is 0 Å². The number of piperidine rings is 1. The fourth-order valence-electron chi connectivity index (χ4n) is 3.97. The molecule has 0 aliphatic carbocycles. The van der Waals surface area contributed by atoms with Crippen LogP contribution in [0, 0.1) is 0 Å². The van der Waals surface area contributed by atoms with Gasteiger partial charge in [0.05, 0.1) is 25.4 Å². The molecule has 0 aromatic heterocycles. The second-order valence-electron chi connectivity index (χ2n) is 9.26. The normalized spacial score (nSPS) is 20.5. The molecule has 6 nitrogen and oxygen atoms in total. The first-order valence-corrected chi connectivity index (χ1v) is 11.4. The summed E-state index contributed by atoms with van der Waals surface area (Å²) in [6, 6.07) is 8.37. The largest absolute Gasteiger partial charge is 0.492 e. The predicted octanol–water partition coefficient (Wildman–Crippen LogP) is 4.22. The number of rotatable bonds is 7. The van der Waals surface area contributed by atoms with Gasteiger partial charge in [-0.25, -0.2) is 0 Å². The topological polar surface area (TPSA) is 55.3 Å². The lowest BCUT2D eigenvalue weighted by molar-refractivity contribution is -0.0367. The highest BCUT2D eigenvalue weighted by molar-refractivity contribution is 14.0. The third kappa shape index (κ3) is 8.42. The highest BCUT2D eigenvalue weighted by Gasteiger charge is 2.24. The number of likely N-dealkylation sites (tertiary alicyclic amines) is 1. The van der Waals surface area contributed by atoms with Crippen molar-refractivity contribution in [1.82, 2.24) is 10.2 Å². The molecule has 2 heterocycles. The number of hydrogen-bond acceptors (Lipinski definition) is 4. The number of aliphatic imine (C=N–C) groups is 1. The highest BCUT2D eigenvalue weighted by atomic mass is 127. The molecule has 1 unspecified atom stereocenters. The van der Waals surface area contributed by atoms with E-state index in [2.05, 4.69) is 54.2 Å². The summed E-state index contributed by atoms with van der Waals surface area (Å²) in [5.74, 6) is 1.86. The van der Waals surface area contributed by atoms with Gasteiger partial charge >= 0.3 is 0 Å². The molecule has 0 bridgehead atoms. The fraction of sp³-hybridized carbons (Fsp3) is 0.708. The molecule has 2 fully saturated rings. The maximum atomic E-state index is 6.08. The standard InChI is InChI=1S/C24H39N3O3.HI/c1-24(2,3)19-7-5-8-21(17-19)29-16-12-26-23(25-4)27-13-10-20(11-14-27)30-18-22-9-6-15-28-22;/h5,7-8,17,20,22H,6,9-16,18H2,1-4H3,(H,25,26);1H. The van der Waals surface area contributed by atoms with Crippen molar-refractivity contribution in [3.05, 3.63) is 29.8 Å². The molecular weight excluding hydrogens is 505 g/mol. The number of nitrogens with zero attached hydrogens (tertiary/aromatic N) is 2. The van der Waals surface area contributed by atoms with Gasteiger partial charge in [-0.15, -0.1) is 24.0 Å². The summed E-state index contributed by atoms with van der Waals surface area (Å²) in [5, 5.41) is 3.44. The van der Waals surface area contributed by atoms with Crippen molar-refractivity contribution >= 4 is 29.9 Å². The number of ether oxygens (including phenoxy) is 3. The van der Waals surface area contributed by atoms with Crippen molar-refractivity contribution in [2.24, 2.45) is 4.99 Å². The van der Waals surface area contributed by atoms with Gasteiger partial charge in [-0.2, -0.15) is 0 Å². The number of guanidine groups is 1. The van der Waals surface area contributed by atoms with Crippen LogP contribution in [0.4, 0.5) is 0 Å². The zero-order valence-corrected chi connectivity index (χ0v) is 21.9. The molecule has 2 aliphatic heterocycles. The summed E-state index contributed by atoms with van der Waals surface area (Å²) in [6.07, 6.45) is 5.01. The van der Waals surface area contributed by atoms with E-state index >= 15 is 0 Å². The number of nitrogens with one attached hydrogen (secondary N) is 1. The third-order valence-corrected chi connectivity index (χ3v) is 5.85. The molecule has 1 N–H and O–H groups in total. The van der Waals surface area contributed by atoms with E-state index in [-0.39, 0.29) is 29.4 Å². The summed E-state index contributed by atoms with van der Waals surface area (Å²) < 4.78 is 17.7. The van der Waals surface area contributed by atoms with Gasteiger partial charge in [0.1, 0.15) is 12.4 Å². The van der Waals surface area contributed by atoms with Crippen LogP contribution in [0.3, 0.4) is 0 Å². The molecule has 1 aromatic carbocycles. The second kappa shape index (κ2) is 12.8. The molecular formula is C24H40IN3O3. The summed E-state index contributed by atoms with van der Waals surface area (Å²) >= 11 is 0. The van der Waals surface area contributed by atoms with Gasteiger partial charge in [-0.3, -0.25) is 4.99 Å². The molecule has 2 aliphatic rings. The molecule has 31 heavy (non-hydrogen) atoms. The van der Waals surface area contributed by atoms with Crippen LogP contribution in [0.25, 0.3) is 0 Å². The Hall–Kier alpha value is -1.06. The van der Waals surface area contributed by atoms with Crippen LogP contribution in [0.5, 0.6) is 5.75 Å². The molecule has 7 heteroatoms. The SMILES string of the molecule is CN=C(NCCOc1cccc(C(C)(C)C)c1)N1CCC(OCC2CCCO2)CC1.I. The number of benzene rings is 1. The zero-order valence-electron chi connectivity index (χ0n) is 19.6. The minimum absolute atomic E-state index is 0. The molecule has 3 rings (SSSR count). The summed E-state index contributed by atoms with van der Waals surface area (Å²) in [7, 11) is 1.84. The zero-order chi connectivity index (χ0) is 21.4. The molecule has 1 aromatic rings. The van der Waals surface area contributed by atoms with E-state index < -0.39 is 0 Å². The molecule has 176 valence electrons. The first kappa shape index (κ1) is 26.2. The summed E-state index contributed by atoms with van der Waals surface area (Å²) in [4.78, 5) is 6.76. The van der Waals surface area contributed by atoms with Crippen molar-refractivity contribution in [2.75, 3.05) is 46.5 Å². The van der Waals surface area contributed by atoms with Crippen LogP contribution in [0.15, 0.2) is 29.3 Å². The van der Waals surface area contributed by atoms with E-state index in [1.165, 1.54) is 12.0 Å². The Morgan fingerprint density at radius 1 is 1.23 bits per heavy atom. The quantitative estimate of drug-likeness (QED) is 0.241. The van der Waals surface area contributed by atoms with Crippen molar-refractivity contribution in [3.8, 4) is 5.75 Å². The molecule has 0 radical (unpaired) electrons. The highest BCUT2D eigenvalue weighted by Crippen LogP contribution is 2.25. The van der Waals surface area contributed by atoms with E-state index in [1.54, 1.807) is 0 Å². The third-order valence-electron chi connectivity index (χ3n) is 5.85. The van der Waals surface area contributed by atoms with Crippen LogP contribution in [0.2, 0.25) is 0 Å². The van der Waals surface area contributed by atoms with Crippen molar-refractivity contribution in [2.45, 2.75) is 64.1 Å². The first-order chi connectivity index (χ1) is 14.5. The van der Waals surface area contributed by atoms with Crippen LogP contribution < -0.4 is 10.1 Å². The Morgan fingerprint density at radius 2 is 2.00 bits per heavy atom. The van der Waals surface area contributed by atoms with Gasteiger partial charge in [0.25, 0.3) is 0 Å². The molecule has 0 saturated carbocycles. The fourth-order valence-corrected chi connectivity index (χ4v) is 3.97. The Labute approximate surface area is 205 Å². The van der Waals surface area contributed by atoms with Crippen LogP contribution in [-0.4, -0.2) is 69.6 Å². The average Bonchev–Trinajstić information content (AvgIpc) is 3.26. The van der Waals surface area contributed by atoms with Gasteiger partial charge in [-0.05, 0) is 48.8 Å². The Bertz CT molecular complexity index is 679. The lowest BCUT2D eigenvalue weighted by atomic mass is 9.87. The summed E-state index contributed by atoms with van der Waals surface area (Å²) in [6.45, 7) is 11.5. The molecule has 1 atom stereocenters. The van der Waals surface area contributed by atoms with Gasteiger partial charge in [0.15, 0.2) is 5.96 Å². The van der Waals surface area contributed by atoms with Crippen molar-refractivity contribution < 1.29 is 14.2 Å². The van der Waals surface area contributed by atoms with Crippen LogP contribution in [-0.2, 0) is 14.9 Å². The molecule has 0 spiro atoms. The van der Waals surface area contributed by atoms with Gasteiger partial charge in [0.2, 0.25) is 0 Å². The smallest absolute Gasteiger partial charge is 0.193 e. The lowest BCUT2D eigenvalue weighted by Gasteiger charge is -2.34. The Balaban J connectivity index is 0.00000341. The van der Waals surface area contributed by atoms with Gasteiger partial charge in [0, 0.05) is 26.7 Å². The monoisotopic (exact) mass is 545 g/mol. The van der Waals surface area contributed by atoms with Gasteiger partial charge < -0.3 is 24.4 Å². The van der Waals surface area contributed by atoms with Crippen LogP contribution >= 0.6 is 24.0 Å². The minimum atomic E-state index is 0. The number of hydrogen-bond donors (Lipinski definition) is 1. The van der Waals surface area contributed by atoms with Crippen LogP contribution in [0.1, 0.15) is 52.0 Å². The summed E-state index contributed by atoms with van der Waals surface area (Å²) in [5.41, 5.74) is 1.41. The first-order valence-electron chi connectivity index (χ1n) is 11.4. The maximum Gasteiger partial charge on any atom is 0.193 e. The molecule has 0 amide bonds. The lowest BCUT2D eigenvalue weighted by Crippen LogP contribution is -2.48. The van der Waals surface area contributed by atoms with Crippen molar-refractivity contribution in [1.29, 1.82) is 0 Å². The second-order valence-corrected chi connectivity index (χ2v) is 9.26. The molecule has 2 saturated heterocycles. The Morgan fingerprint density at radius 3 is 2.65 bits per heavy atom. The van der Waals surface area contributed by atoms with E-state index in [0.717, 1.165) is 63.8 Å². The van der Waals surface area contributed by atoms with Gasteiger partial charge in [-0.1, -0.05) is 32.9 Å². The van der Waals surface area contributed by atoms with E-state index in [1.807, 2.05) is 13.1 Å². The average molecular weight is 546 g/mol. The number of halogens is 1. The Kier molecular flexibility index (Phi) is 10.9. The van der Waals surface area contributed by atoms with E-state index in [9.17, 15) is 0 Å².